The Labute approximate surface area is 403 Å². The smallest absolute Gasteiger partial charge is 0.264 e. The van der Waals surface area contributed by atoms with Crippen molar-refractivity contribution in [3.8, 4) is 17.0 Å². The van der Waals surface area contributed by atoms with Gasteiger partial charge in [0.2, 0.25) is 17.7 Å². The predicted octanol–water partition coefficient (Wildman–Crippen LogP) is 5.77. The Morgan fingerprint density at radius 2 is 1.51 bits per heavy atom. The Bertz CT molecular complexity index is 2720. The Morgan fingerprint density at radius 3 is 2.26 bits per heavy atom. The summed E-state index contributed by atoms with van der Waals surface area (Å²) < 4.78 is 28.3. The molecule has 0 saturated carbocycles. The highest BCUT2D eigenvalue weighted by molar-refractivity contribution is 7.16. The summed E-state index contributed by atoms with van der Waals surface area (Å²) in [4.78, 5) is 85.2. The van der Waals surface area contributed by atoms with Gasteiger partial charge in [-0.3, -0.25) is 39.0 Å². The highest BCUT2D eigenvalue weighted by Crippen LogP contribution is 2.37. The Morgan fingerprint density at radius 1 is 0.783 bits per heavy atom. The fraction of sp³-hybridized carbons (Fsp3) is 0.353. The lowest BCUT2D eigenvalue weighted by Gasteiger charge is -2.27. The SMILES string of the molecule is Cc1ccccc1C(=O)N1CCc2cc(-c3nc(NC(=O)Cc4cccc(OCCOCCOCCOCCOCCNc5cccc6c5C(=O)N(C5CCC(=O)NC5=O)C6=O)c4)sc3C)ccc21. The zero-order valence-corrected chi connectivity index (χ0v) is 39.3. The molecule has 0 bridgehead atoms. The van der Waals surface area contributed by atoms with Crippen LogP contribution in [-0.4, -0.2) is 124 Å². The first-order valence-electron chi connectivity index (χ1n) is 22.9. The third-order valence-electron chi connectivity index (χ3n) is 11.8. The minimum atomic E-state index is -1.02. The third-order valence-corrected chi connectivity index (χ3v) is 12.7. The number of aromatic nitrogens is 1. The van der Waals surface area contributed by atoms with Gasteiger partial charge in [-0.25, -0.2) is 4.98 Å². The summed E-state index contributed by atoms with van der Waals surface area (Å²) in [6, 6.07) is 25.0. The molecular formula is C51H54N6O11S. The van der Waals surface area contributed by atoms with Crippen molar-refractivity contribution in [3.05, 3.63) is 123 Å². The maximum absolute atomic E-state index is 13.4. The molecule has 6 amide bonds. The second kappa shape index (κ2) is 23.0. The van der Waals surface area contributed by atoms with Crippen LogP contribution in [0.5, 0.6) is 5.75 Å². The molecule has 1 saturated heterocycles. The van der Waals surface area contributed by atoms with Gasteiger partial charge in [0.1, 0.15) is 18.4 Å². The van der Waals surface area contributed by atoms with E-state index in [1.54, 1.807) is 18.2 Å². The number of hydrogen-bond donors (Lipinski definition) is 3. The van der Waals surface area contributed by atoms with Gasteiger partial charge in [0, 0.05) is 46.9 Å². The number of rotatable bonds is 23. The summed E-state index contributed by atoms with van der Waals surface area (Å²) in [7, 11) is 0. The molecule has 69 heavy (non-hydrogen) atoms. The fourth-order valence-corrected chi connectivity index (χ4v) is 9.28. The van der Waals surface area contributed by atoms with Crippen molar-refractivity contribution in [1.29, 1.82) is 0 Å². The number of anilines is 3. The molecule has 360 valence electrons. The van der Waals surface area contributed by atoms with E-state index in [0.29, 0.717) is 94.7 Å². The number of carbonyl (C=O) groups excluding carboxylic acids is 6. The van der Waals surface area contributed by atoms with Crippen molar-refractivity contribution in [2.24, 2.45) is 0 Å². The number of fused-ring (bicyclic) bond motifs is 2. The van der Waals surface area contributed by atoms with E-state index in [0.717, 1.165) is 49.8 Å². The first-order valence-corrected chi connectivity index (χ1v) is 23.8. The number of hydrogen-bond acceptors (Lipinski definition) is 14. The minimum absolute atomic E-state index is 0.00563. The summed E-state index contributed by atoms with van der Waals surface area (Å²) in [5, 5.41) is 8.82. The normalized spacial score (nSPS) is 15.3. The number of amides is 6. The molecular weight excluding hydrogens is 905 g/mol. The molecule has 1 unspecified atom stereocenters. The molecule has 1 aromatic heterocycles. The largest absolute Gasteiger partial charge is 0.491 e. The lowest BCUT2D eigenvalue weighted by atomic mass is 10.0. The van der Waals surface area contributed by atoms with Gasteiger partial charge in [-0.2, -0.15) is 0 Å². The van der Waals surface area contributed by atoms with E-state index in [-0.39, 0.29) is 42.2 Å². The van der Waals surface area contributed by atoms with Crippen LogP contribution in [0, 0.1) is 13.8 Å². The predicted molar refractivity (Wildman–Crippen MR) is 258 cm³/mol. The van der Waals surface area contributed by atoms with Crippen molar-refractivity contribution in [2.45, 2.75) is 45.6 Å². The highest BCUT2D eigenvalue weighted by Gasteiger charge is 2.45. The number of nitrogens with one attached hydrogen (secondary N) is 3. The molecule has 0 spiro atoms. The Kier molecular flexibility index (Phi) is 16.2. The van der Waals surface area contributed by atoms with E-state index in [4.69, 9.17) is 28.7 Å². The van der Waals surface area contributed by atoms with Crippen molar-refractivity contribution >= 4 is 63.3 Å². The number of thiazole rings is 1. The van der Waals surface area contributed by atoms with Gasteiger partial charge in [0.25, 0.3) is 17.7 Å². The van der Waals surface area contributed by atoms with Crippen LogP contribution >= 0.6 is 11.3 Å². The van der Waals surface area contributed by atoms with Crippen molar-refractivity contribution in [1.82, 2.24) is 15.2 Å². The summed E-state index contributed by atoms with van der Waals surface area (Å²) in [5.74, 6) is -1.75. The van der Waals surface area contributed by atoms with Gasteiger partial charge in [0.05, 0.1) is 76.1 Å². The van der Waals surface area contributed by atoms with Crippen LogP contribution in [0.15, 0.2) is 84.9 Å². The lowest BCUT2D eigenvalue weighted by molar-refractivity contribution is -0.136. The van der Waals surface area contributed by atoms with Gasteiger partial charge in [-0.15, -0.1) is 11.3 Å². The van der Waals surface area contributed by atoms with E-state index in [9.17, 15) is 28.8 Å². The average molecular weight is 959 g/mol. The number of benzene rings is 4. The van der Waals surface area contributed by atoms with Gasteiger partial charge >= 0.3 is 0 Å². The van der Waals surface area contributed by atoms with Crippen LogP contribution in [0.4, 0.5) is 16.5 Å². The standard InChI is InChI=1S/C51H54N6O11S/c1-32-7-3-4-10-38(32)48(61)56-19-17-35-31-36(13-14-41(35)56)46-33(2)69-51(55-46)54-44(59)30-34-8-5-9-37(29-34)68-28-27-67-26-25-66-24-23-65-22-21-64-20-18-52-40-12-6-11-39-45(40)50(63)57(49(39)62)42-15-16-43(58)53-47(42)60/h3-14,29,31,42,52H,15-28,30H2,1-2H3,(H,53,58,60)(H,54,55,59). The monoisotopic (exact) mass is 958 g/mol. The molecule has 1 fully saturated rings. The Hall–Kier alpha value is -6.83. The molecule has 0 aliphatic carbocycles. The summed E-state index contributed by atoms with van der Waals surface area (Å²) >= 11 is 1.43. The summed E-state index contributed by atoms with van der Waals surface area (Å²) in [5.41, 5.74) is 7.11. The molecule has 3 aliphatic heterocycles. The highest BCUT2D eigenvalue weighted by atomic mass is 32.1. The fourth-order valence-electron chi connectivity index (χ4n) is 8.43. The van der Waals surface area contributed by atoms with Gasteiger partial charge in [-0.05, 0) is 85.8 Å². The Balaban J connectivity index is 0.654. The van der Waals surface area contributed by atoms with E-state index in [2.05, 4.69) is 22.0 Å². The van der Waals surface area contributed by atoms with Gasteiger partial charge < -0.3 is 39.2 Å². The molecule has 18 heteroatoms. The molecule has 0 radical (unpaired) electrons. The minimum Gasteiger partial charge on any atom is -0.491 e. The lowest BCUT2D eigenvalue weighted by Crippen LogP contribution is -2.54. The maximum Gasteiger partial charge on any atom is 0.264 e. The topological polar surface area (TPSA) is 204 Å². The van der Waals surface area contributed by atoms with Crippen LogP contribution in [0.25, 0.3) is 11.3 Å². The van der Waals surface area contributed by atoms with E-state index >= 15 is 0 Å². The quantitative estimate of drug-likeness (QED) is 0.0527. The number of aryl methyl sites for hydroxylation is 2. The van der Waals surface area contributed by atoms with Crippen LogP contribution in [0.2, 0.25) is 0 Å². The van der Waals surface area contributed by atoms with Crippen molar-refractivity contribution in [2.75, 3.05) is 88.1 Å². The maximum atomic E-state index is 13.4. The zero-order valence-electron chi connectivity index (χ0n) is 38.5. The second-order valence-electron chi connectivity index (χ2n) is 16.6. The van der Waals surface area contributed by atoms with Crippen LogP contribution < -0.4 is 25.6 Å². The van der Waals surface area contributed by atoms with Crippen LogP contribution in [0.1, 0.15) is 65.5 Å². The molecule has 4 heterocycles. The average Bonchev–Trinajstić information content (AvgIpc) is 4.01. The molecule has 3 aliphatic rings. The number of piperidine rings is 1. The van der Waals surface area contributed by atoms with Gasteiger partial charge in [0.15, 0.2) is 5.13 Å². The molecule has 1 atom stereocenters. The van der Waals surface area contributed by atoms with E-state index in [1.165, 1.54) is 11.3 Å². The molecule has 8 rings (SSSR count). The van der Waals surface area contributed by atoms with E-state index in [1.807, 2.05) is 79.4 Å². The zero-order chi connectivity index (χ0) is 48.3. The molecule has 17 nitrogen and oxygen atoms in total. The van der Waals surface area contributed by atoms with E-state index < -0.39 is 29.7 Å². The molecule has 3 N–H and O–H groups in total. The number of ether oxygens (including phenoxy) is 5. The molecule has 5 aromatic rings. The third kappa shape index (κ3) is 11.9. The van der Waals surface area contributed by atoms with Crippen molar-refractivity contribution in [3.63, 3.8) is 0 Å². The number of imide groups is 2. The van der Waals surface area contributed by atoms with Crippen LogP contribution in [-0.2, 0) is 46.2 Å². The number of carbonyl (C=O) groups is 6. The molecule has 4 aromatic carbocycles. The van der Waals surface area contributed by atoms with Crippen LogP contribution in [0.3, 0.4) is 0 Å². The summed E-state index contributed by atoms with van der Waals surface area (Å²) in [6.45, 7) is 8.20. The second-order valence-corrected chi connectivity index (χ2v) is 17.8. The first kappa shape index (κ1) is 48.6. The first-order chi connectivity index (χ1) is 33.5. The summed E-state index contributed by atoms with van der Waals surface area (Å²) in [6.07, 6.45) is 1.06. The van der Waals surface area contributed by atoms with Gasteiger partial charge in [-0.1, -0.05) is 42.5 Å². The number of nitrogens with zero attached hydrogens (tertiary/aromatic N) is 3. The van der Waals surface area contributed by atoms with Crippen molar-refractivity contribution < 1.29 is 52.5 Å².